The molecule has 0 aliphatic carbocycles. The van der Waals surface area contributed by atoms with Crippen LogP contribution in [-0.4, -0.2) is 39.5 Å². The van der Waals surface area contributed by atoms with Gasteiger partial charge in [0, 0.05) is 51.0 Å². The zero-order valence-corrected chi connectivity index (χ0v) is 9.48. The Morgan fingerprint density at radius 3 is 2.87 bits per heavy atom. The van der Waals surface area contributed by atoms with E-state index in [0.29, 0.717) is 12.5 Å². The number of nitrogens with zero attached hydrogens (tertiary/aromatic N) is 3. The van der Waals surface area contributed by atoms with E-state index in [0.717, 1.165) is 26.1 Å². The zero-order chi connectivity index (χ0) is 10.8. The Balaban J connectivity index is 1.93. The van der Waals surface area contributed by atoms with Crippen molar-refractivity contribution in [1.29, 1.82) is 0 Å². The van der Waals surface area contributed by atoms with Gasteiger partial charge in [0.1, 0.15) is 0 Å². The van der Waals surface area contributed by atoms with Crippen LogP contribution in [-0.2, 0) is 20.0 Å². The molecule has 0 spiro atoms. The zero-order valence-electron chi connectivity index (χ0n) is 9.48. The fraction of sp³-hybridized carbons (Fsp3) is 0.727. The van der Waals surface area contributed by atoms with Gasteiger partial charge in [-0.3, -0.25) is 9.58 Å². The minimum Gasteiger partial charge on any atom is -0.396 e. The lowest BCUT2D eigenvalue weighted by atomic mass is 10.0. The van der Waals surface area contributed by atoms with Crippen LogP contribution in [0.25, 0.3) is 0 Å². The van der Waals surface area contributed by atoms with Gasteiger partial charge in [-0.15, -0.1) is 0 Å². The van der Waals surface area contributed by atoms with Crippen LogP contribution in [0.1, 0.15) is 18.2 Å². The van der Waals surface area contributed by atoms with Crippen LogP contribution in [0.3, 0.4) is 0 Å². The lowest BCUT2D eigenvalue weighted by molar-refractivity contribution is 0.0477. The predicted octanol–water partition coefficient (Wildman–Crippen LogP) is 0.407. The fourth-order valence-corrected chi connectivity index (χ4v) is 2.18. The molecular formula is C11H19N3O. The first-order valence-electron chi connectivity index (χ1n) is 5.57. The monoisotopic (exact) mass is 209 g/mol. The molecular weight excluding hydrogens is 190 g/mol. The Kier molecular flexibility index (Phi) is 3.07. The summed E-state index contributed by atoms with van der Waals surface area (Å²) in [6, 6.07) is 0. The van der Waals surface area contributed by atoms with Crippen molar-refractivity contribution in [1.82, 2.24) is 14.7 Å². The van der Waals surface area contributed by atoms with E-state index in [4.69, 9.17) is 5.11 Å². The Bertz CT molecular complexity index is 329. The Hall–Kier alpha value is -0.870. The van der Waals surface area contributed by atoms with Crippen molar-refractivity contribution in [3.8, 4) is 0 Å². The summed E-state index contributed by atoms with van der Waals surface area (Å²) in [4.78, 5) is 2.36. The standard InChI is InChI=1S/C11H19N3O/c1-3-11-10(6-13(2)12-11)7-14-4-9(5-14)8-15/h6,9,15H,3-5,7-8H2,1-2H3. The fourth-order valence-electron chi connectivity index (χ4n) is 2.18. The maximum absolute atomic E-state index is 8.93. The molecule has 2 heterocycles. The summed E-state index contributed by atoms with van der Waals surface area (Å²) < 4.78 is 1.89. The predicted molar refractivity (Wildman–Crippen MR) is 58.4 cm³/mol. The van der Waals surface area contributed by atoms with E-state index in [1.54, 1.807) is 0 Å². The van der Waals surface area contributed by atoms with E-state index in [2.05, 4.69) is 23.1 Å². The molecule has 0 bridgehead atoms. The highest BCUT2D eigenvalue weighted by Crippen LogP contribution is 2.19. The van der Waals surface area contributed by atoms with Gasteiger partial charge in [-0.05, 0) is 6.42 Å². The van der Waals surface area contributed by atoms with Crippen molar-refractivity contribution >= 4 is 0 Å². The van der Waals surface area contributed by atoms with Crippen LogP contribution >= 0.6 is 0 Å². The molecule has 15 heavy (non-hydrogen) atoms. The molecule has 1 aromatic rings. The number of likely N-dealkylation sites (tertiary alicyclic amines) is 1. The first-order chi connectivity index (χ1) is 7.22. The number of rotatable bonds is 4. The minimum atomic E-state index is 0.324. The maximum atomic E-state index is 8.93. The van der Waals surface area contributed by atoms with Crippen molar-refractivity contribution in [2.45, 2.75) is 19.9 Å². The average molecular weight is 209 g/mol. The maximum Gasteiger partial charge on any atom is 0.0666 e. The van der Waals surface area contributed by atoms with Gasteiger partial charge in [0.05, 0.1) is 5.69 Å². The number of hydrogen-bond acceptors (Lipinski definition) is 3. The molecule has 1 aromatic heterocycles. The third kappa shape index (κ3) is 2.21. The SMILES string of the molecule is CCc1nn(C)cc1CN1CC(CO)C1. The first kappa shape index (κ1) is 10.6. The summed E-state index contributed by atoms with van der Waals surface area (Å²) in [5.41, 5.74) is 2.53. The van der Waals surface area contributed by atoms with Gasteiger partial charge >= 0.3 is 0 Å². The van der Waals surface area contributed by atoms with Crippen molar-refractivity contribution < 1.29 is 5.11 Å². The summed E-state index contributed by atoms with van der Waals surface area (Å²) in [7, 11) is 1.97. The molecule has 0 saturated carbocycles. The largest absolute Gasteiger partial charge is 0.396 e. The summed E-state index contributed by atoms with van der Waals surface area (Å²) >= 11 is 0. The highest BCUT2D eigenvalue weighted by Gasteiger charge is 2.26. The molecule has 4 heteroatoms. The van der Waals surface area contributed by atoms with Gasteiger partial charge in [0.15, 0.2) is 0 Å². The van der Waals surface area contributed by atoms with E-state index in [1.165, 1.54) is 11.3 Å². The third-order valence-electron chi connectivity index (χ3n) is 3.01. The lowest BCUT2D eigenvalue weighted by Crippen LogP contribution is -2.47. The highest BCUT2D eigenvalue weighted by atomic mass is 16.3. The Morgan fingerprint density at radius 1 is 1.53 bits per heavy atom. The van der Waals surface area contributed by atoms with Crippen LogP contribution in [0.4, 0.5) is 0 Å². The quantitative estimate of drug-likeness (QED) is 0.780. The van der Waals surface area contributed by atoms with E-state index in [9.17, 15) is 0 Å². The lowest BCUT2D eigenvalue weighted by Gasteiger charge is -2.38. The molecule has 1 N–H and O–H groups in total. The number of aliphatic hydroxyl groups excluding tert-OH is 1. The third-order valence-corrected chi connectivity index (χ3v) is 3.01. The van der Waals surface area contributed by atoms with Gasteiger partial charge in [-0.25, -0.2) is 0 Å². The topological polar surface area (TPSA) is 41.3 Å². The second-order valence-electron chi connectivity index (χ2n) is 4.37. The summed E-state index contributed by atoms with van der Waals surface area (Å²) in [5.74, 6) is 0.492. The van der Waals surface area contributed by atoms with Crippen LogP contribution in [0, 0.1) is 5.92 Å². The average Bonchev–Trinajstić information content (AvgIpc) is 2.51. The van der Waals surface area contributed by atoms with Crippen molar-refractivity contribution in [3.63, 3.8) is 0 Å². The Labute approximate surface area is 90.5 Å². The van der Waals surface area contributed by atoms with Gasteiger partial charge in [0.2, 0.25) is 0 Å². The van der Waals surface area contributed by atoms with Gasteiger partial charge in [0.25, 0.3) is 0 Å². The van der Waals surface area contributed by atoms with Crippen LogP contribution in [0.15, 0.2) is 6.20 Å². The van der Waals surface area contributed by atoms with E-state index in [1.807, 2.05) is 11.7 Å². The number of hydrogen-bond donors (Lipinski definition) is 1. The smallest absolute Gasteiger partial charge is 0.0666 e. The van der Waals surface area contributed by atoms with Crippen LogP contribution < -0.4 is 0 Å². The second kappa shape index (κ2) is 4.33. The van der Waals surface area contributed by atoms with Crippen molar-refractivity contribution in [2.75, 3.05) is 19.7 Å². The summed E-state index contributed by atoms with van der Waals surface area (Å²) in [6.45, 7) is 5.49. The molecule has 1 aliphatic rings. The van der Waals surface area contributed by atoms with E-state index < -0.39 is 0 Å². The number of aliphatic hydroxyl groups is 1. The van der Waals surface area contributed by atoms with Gasteiger partial charge in [-0.2, -0.15) is 5.10 Å². The second-order valence-corrected chi connectivity index (χ2v) is 4.37. The Morgan fingerprint density at radius 2 is 2.27 bits per heavy atom. The van der Waals surface area contributed by atoms with Gasteiger partial charge < -0.3 is 5.11 Å². The van der Waals surface area contributed by atoms with Crippen molar-refractivity contribution in [3.05, 3.63) is 17.5 Å². The normalized spacial score (nSPS) is 18.1. The molecule has 4 nitrogen and oxygen atoms in total. The number of aromatic nitrogens is 2. The molecule has 0 unspecified atom stereocenters. The van der Waals surface area contributed by atoms with E-state index in [-0.39, 0.29) is 0 Å². The summed E-state index contributed by atoms with van der Waals surface area (Å²) in [5, 5.41) is 13.4. The summed E-state index contributed by atoms with van der Waals surface area (Å²) in [6.07, 6.45) is 3.10. The molecule has 0 atom stereocenters. The van der Waals surface area contributed by atoms with Crippen LogP contribution in [0.2, 0.25) is 0 Å². The van der Waals surface area contributed by atoms with Crippen molar-refractivity contribution in [2.24, 2.45) is 13.0 Å². The molecule has 1 aliphatic heterocycles. The van der Waals surface area contributed by atoms with Crippen LogP contribution in [0.5, 0.6) is 0 Å². The molecule has 1 saturated heterocycles. The molecule has 2 rings (SSSR count). The highest BCUT2D eigenvalue weighted by molar-refractivity contribution is 5.17. The molecule has 0 aromatic carbocycles. The van der Waals surface area contributed by atoms with E-state index >= 15 is 0 Å². The minimum absolute atomic E-state index is 0.324. The molecule has 1 fully saturated rings. The number of aryl methyl sites for hydroxylation is 2. The van der Waals surface area contributed by atoms with Gasteiger partial charge in [-0.1, -0.05) is 6.92 Å². The molecule has 0 amide bonds. The molecule has 0 radical (unpaired) electrons. The molecule has 84 valence electrons. The first-order valence-corrected chi connectivity index (χ1v) is 5.57.